The fourth-order valence-corrected chi connectivity index (χ4v) is 4.74. The second-order valence-corrected chi connectivity index (χ2v) is 7.77. The van der Waals surface area contributed by atoms with Crippen molar-refractivity contribution >= 4 is 5.91 Å². The van der Waals surface area contributed by atoms with Crippen molar-refractivity contribution in [3.05, 3.63) is 54.1 Å². The average molecular weight is 406 g/mol. The summed E-state index contributed by atoms with van der Waals surface area (Å²) in [4.78, 5) is 14.7. The van der Waals surface area contributed by atoms with E-state index in [1.807, 2.05) is 48.5 Å². The minimum Gasteiger partial charge on any atom is -0.496 e. The smallest absolute Gasteiger partial charge is 0.227 e. The average Bonchev–Trinajstić information content (AvgIpc) is 2.80. The molecular weight excluding hydrogens is 380 g/mol. The van der Waals surface area contributed by atoms with Crippen molar-refractivity contribution in [2.45, 2.75) is 30.8 Å². The minimum absolute atomic E-state index is 0.0464. The summed E-state index contributed by atoms with van der Waals surface area (Å²) in [6, 6.07) is 16.9. The first-order chi connectivity index (χ1) is 14.7. The number of aliphatic hydroxyl groups excluding tert-OH is 1. The molecule has 3 atom stereocenters. The Morgan fingerprint density at radius 2 is 1.83 bits per heavy atom. The molecule has 156 valence electrons. The van der Waals surface area contributed by atoms with Crippen LogP contribution in [0.5, 0.6) is 5.75 Å². The molecule has 2 aliphatic heterocycles. The van der Waals surface area contributed by atoms with Crippen LogP contribution in [0.3, 0.4) is 0 Å². The molecule has 2 heterocycles. The number of carbonyl (C=O) groups excluding carboxylic acids is 1. The molecule has 2 fully saturated rings. The van der Waals surface area contributed by atoms with Crippen LogP contribution in [0.15, 0.2) is 48.5 Å². The van der Waals surface area contributed by atoms with Gasteiger partial charge in [0.2, 0.25) is 5.91 Å². The molecule has 6 nitrogen and oxygen atoms in total. The molecule has 0 spiro atoms. The first kappa shape index (κ1) is 20.4. The van der Waals surface area contributed by atoms with Crippen LogP contribution >= 0.6 is 0 Å². The summed E-state index contributed by atoms with van der Waals surface area (Å²) in [6.45, 7) is 0.939. The highest BCUT2D eigenvalue weighted by Crippen LogP contribution is 2.46. The van der Waals surface area contributed by atoms with E-state index >= 15 is 0 Å². The zero-order valence-electron chi connectivity index (χ0n) is 17.0. The van der Waals surface area contributed by atoms with Crippen LogP contribution in [0.2, 0.25) is 0 Å². The molecule has 0 aliphatic carbocycles. The van der Waals surface area contributed by atoms with Crippen molar-refractivity contribution in [1.29, 1.82) is 5.26 Å². The van der Waals surface area contributed by atoms with E-state index in [4.69, 9.17) is 9.47 Å². The Bertz CT molecular complexity index is 948. The maximum Gasteiger partial charge on any atom is 0.227 e. The van der Waals surface area contributed by atoms with Crippen molar-refractivity contribution in [1.82, 2.24) is 4.90 Å². The monoisotopic (exact) mass is 406 g/mol. The fraction of sp³-hybridized carbons (Fsp3) is 0.417. The maximum atomic E-state index is 13.1. The van der Waals surface area contributed by atoms with Gasteiger partial charge in [0.05, 0.1) is 25.8 Å². The quantitative estimate of drug-likeness (QED) is 0.825. The largest absolute Gasteiger partial charge is 0.496 e. The number of carbonyl (C=O) groups is 1. The Hall–Kier alpha value is -2.88. The van der Waals surface area contributed by atoms with Crippen LogP contribution in [0.1, 0.15) is 24.3 Å². The molecule has 4 rings (SSSR count). The van der Waals surface area contributed by atoms with Gasteiger partial charge < -0.3 is 19.5 Å². The molecule has 2 aromatic carbocycles. The van der Waals surface area contributed by atoms with Crippen molar-refractivity contribution in [2.75, 3.05) is 26.9 Å². The van der Waals surface area contributed by atoms with Crippen LogP contribution in [-0.4, -0.2) is 54.9 Å². The van der Waals surface area contributed by atoms with Gasteiger partial charge in [0.25, 0.3) is 0 Å². The van der Waals surface area contributed by atoms with Gasteiger partial charge in [-0.3, -0.25) is 4.79 Å². The number of rotatable bonds is 5. The third-order valence-corrected chi connectivity index (χ3v) is 6.27. The predicted molar refractivity (Wildman–Crippen MR) is 112 cm³/mol. The summed E-state index contributed by atoms with van der Waals surface area (Å²) in [6.07, 6.45) is 1.32. The molecule has 0 aromatic heterocycles. The number of likely N-dealkylation sites (tertiary alicyclic amines) is 1. The normalized spacial score (nSPS) is 24.0. The molecule has 6 heteroatoms. The number of amides is 1. The number of hydrogen-bond donors (Lipinski definition) is 1. The molecule has 1 N–H and O–H groups in total. The van der Waals surface area contributed by atoms with Gasteiger partial charge >= 0.3 is 0 Å². The fourth-order valence-electron chi connectivity index (χ4n) is 4.74. The number of nitriles is 1. The van der Waals surface area contributed by atoms with Crippen LogP contribution in [0.4, 0.5) is 0 Å². The highest BCUT2D eigenvalue weighted by Gasteiger charge is 2.53. The van der Waals surface area contributed by atoms with Crippen LogP contribution in [0, 0.1) is 17.2 Å². The summed E-state index contributed by atoms with van der Waals surface area (Å²) >= 11 is 0. The molecule has 1 amide bonds. The molecule has 2 aromatic rings. The van der Waals surface area contributed by atoms with E-state index < -0.39 is 12.1 Å². The lowest BCUT2D eigenvalue weighted by atomic mass is 9.72. The van der Waals surface area contributed by atoms with Crippen LogP contribution < -0.4 is 4.74 Å². The molecule has 0 bridgehead atoms. The van der Waals surface area contributed by atoms with E-state index in [2.05, 4.69) is 6.07 Å². The Kier molecular flexibility index (Phi) is 6.03. The van der Waals surface area contributed by atoms with Crippen molar-refractivity contribution in [2.24, 2.45) is 5.92 Å². The second-order valence-electron chi connectivity index (χ2n) is 7.77. The van der Waals surface area contributed by atoms with E-state index in [1.54, 1.807) is 12.0 Å². The van der Waals surface area contributed by atoms with Crippen LogP contribution in [0.25, 0.3) is 11.1 Å². The zero-order valence-corrected chi connectivity index (χ0v) is 17.0. The van der Waals surface area contributed by atoms with E-state index in [-0.39, 0.29) is 24.3 Å². The van der Waals surface area contributed by atoms with Gasteiger partial charge in [-0.15, -0.1) is 0 Å². The topological polar surface area (TPSA) is 82.8 Å². The third-order valence-electron chi connectivity index (χ3n) is 6.27. The maximum absolute atomic E-state index is 13.1. The molecule has 2 saturated heterocycles. The Balaban J connectivity index is 1.69. The lowest BCUT2D eigenvalue weighted by molar-refractivity contribution is -0.154. The lowest BCUT2D eigenvalue weighted by Gasteiger charge is -2.53. The number of methoxy groups -OCH3 is 1. The number of aliphatic hydroxyl groups is 1. The Labute approximate surface area is 176 Å². The van der Waals surface area contributed by atoms with Gasteiger partial charge in [-0.2, -0.15) is 5.26 Å². The van der Waals surface area contributed by atoms with Gasteiger partial charge in [-0.05, 0) is 30.0 Å². The molecule has 0 saturated carbocycles. The molecular formula is C24H26N2O4. The number of benzene rings is 2. The number of hydrogen-bond acceptors (Lipinski definition) is 5. The standard InChI is InChI=1S/C24H26N2O4/c1-29-22-9-5-4-7-18(22)17-6-2-3-8-19(17)23-20(14-25)26(21(23)15-27)24(28)16-10-12-30-13-11-16/h2-9,16,20-21,23,27H,10-13,15H2,1H3/t20-,21-,23+/m1/s1. The van der Waals surface area contributed by atoms with Gasteiger partial charge in [-0.1, -0.05) is 42.5 Å². The Morgan fingerprint density at radius 1 is 1.17 bits per heavy atom. The van der Waals surface area contributed by atoms with Crippen molar-refractivity contribution in [3.8, 4) is 22.9 Å². The van der Waals surface area contributed by atoms with Gasteiger partial charge in [0.15, 0.2) is 0 Å². The highest BCUT2D eigenvalue weighted by molar-refractivity contribution is 5.82. The minimum atomic E-state index is -0.603. The first-order valence-corrected chi connectivity index (χ1v) is 10.3. The second kappa shape index (κ2) is 8.86. The zero-order chi connectivity index (χ0) is 21.1. The summed E-state index contributed by atoms with van der Waals surface area (Å²) in [7, 11) is 1.63. The SMILES string of the molecule is COc1ccccc1-c1ccccc1[C@H]1[C@@H](C#N)N(C(=O)C2CCOCC2)[C@@H]1CO. The summed E-state index contributed by atoms with van der Waals surface area (Å²) < 4.78 is 10.9. The number of para-hydroxylation sites is 1. The Morgan fingerprint density at radius 3 is 2.50 bits per heavy atom. The van der Waals surface area contributed by atoms with E-state index in [9.17, 15) is 15.2 Å². The predicted octanol–water partition coefficient (Wildman–Crippen LogP) is 2.97. The van der Waals surface area contributed by atoms with E-state index in [1.165, 1.54) is 0 Å². The third kappa shape index (κ3) is 3.45. The number of nitrogens with zero attached hydrogens (tertiary/aromatic N) is 2. The van der Waals surface area contributed by atoms with Gasteiger partial charge in [0, 0.05) is 30.6 Å². The summed E-state index contributed by atoms with van der Waals surface area (Å²) in [5.74, 6) is 0.294. The van der Waals surface area contributed by atoms with Crippen molar-refractivity contribution in [3.63, 3.8) is 0 Å². The number of ether oxygens (including phenoxy) is 2. The molecule has 2 aliphatic rings. The molecule has 0 radical (unpaired) electrons. The summed E-state index contributed by atoms with van der Waals surface area (Å²) in [5, 5.41) is 20.1. The van der Waals surface area contributed by atoms with E-state index in [0.717, 1.165) is 22.4 Å². The van der Waals surface area contributed by atoms with Gasteiger partial charge in [0.1, 0.15) is 11.8 Å². The highest BCUT2D eigenvalue weighted by atomic mass is 16.5. The lowest BCUT2D eigenvalue weighted by Crippen LogP contribution is -2.66. The molecule has 30 heavy (non-hydrogen) atoms. The molecule has 0 unspecified atom stereocenters. The first-order valence-electron chi connectivity index (χ1n) is 10.3. The van der Waals surface area contributed by atoms with E-state index in [0.29, 0.717) is 26.1 Å². The van der Waals surface area contributed by atoms with Crippen LogP contribution in [-0.2, 0) is 9.53 Å². The van der Waals surface area contributed by atoms with Gasteiger partial charge in [-0.25, -0.2) is 0 Å². The van der Waals surface area contributed by atoms with Crippen molar-refractivity contribution < 1.29 is 19.4 Å². The summed E-state index contributed by atoms with van der Waals surface area (Å²) in [5.41, 5.74) is 2.83.